The highest BCUT2D eigenvalue weighted by molar-refractivity contribution is 5.88. The monoisotopic (exact) mass is 208 g/mol. The Morgan fingerprint density at radius 3 is 2.53 bits per heavy atom. The molecule has 0 atom stereocenters. The molecule has 0 amide bonds. The van der Waals surface area contributed by atoms with Gasteiger partial charge >= 0.3 is 0 Å². The zero-order valence-electron chi connectivity index (χ0n) is 7.81. The predicted molar refractivity (Wildman–Crippen MR) is 52.2 cm³/mol. The van der Waals surface area contributed by atoms with Crippen LogP contribution in [0.15, 0.2) is 21.5 Å². The molecule has 1 heterocycles. The summed E-state index contributed by atoms with van der Waals surface area (Å²) in [7, 11) is 0. The lowest BCUT2D eigenvalue weighted by Gasteiger charge is -2.04. The number of hydrogen-bond acceptors (Lipinski definition) is 5. The van der Waals surface area contributed by atoms with E-state index < -0.39 is 22.7 Å². The van der Waals surface area contributed by atoms with E-state index in [1.165, 1.54) is 13.2 Å². The van der Waals surface area contributed by atoms with E-state index in [0.29, 0.717) is 5.56 Å². The summed E-state index contributed by atoms with van der Waals surface area (Å²) in [5.41, 5.74) is -0.106. The van der Waals surface area contributed by atoms with E-state index >= 15 is 0 Å². The second-order valence-electron chi connectivity index (χ2n) is 3.21. The number of benzene rings is 1. The summed E-state index contributed by atoms with van der Waals surface area (Å²) in [6, 6.07) is 1.07. The van der Waals surface area contributed by atoms with Crippen LogP contribution in [-0.4, -0.2) is 15.3 Å². The smallest absolute Gasteiger partial charge is 0.201 e. The molecule has 0 aliphatic rings. The molecule has 2 aromatic rings. The van der Waals surface area contributed by atoms with Crippen LogP contribution in [0, 0.1) is 6.92 Å². The third kappa shape index (κ3) is 1.20. The van der Waals surface area contributed by atoms with E-state index in [-0.39, 0.29) is 11.0 Å². The molecule has 0 unspecified atom stereocenters. The minimum Gasteiger partial charge on any atom is -0.504 e. The summed E-state index contributed by atoms with van der Waals surface area (Å²) < 4.78 is 5.01. The van der Waals surface area contributed by atoms with Crippen molar-refractivity contribution in [1.82, 2.24) is 0 Å². The molecular formula is C10H8O5. The number of fused-ring (bicyclic) bond motifs is 1. The Labute approximate surface area is 83.8 Å². The minimum atomic E-state index is -0.722. The van der Waals surface area contributed by atoms with Crippen LogP contribution in [0.3, 0.4) is 0 Å². The van der Waals surface area contributed by atoms with Crippen LogP contribution in [-0.2, 0) is 0 Å². The summed E-state index contributed by atoms with van der Waals surface area (Å²) >= 11 is 0. The van der Waals surface area contributed by atoms with Gasteiger partial charge in [0.25, 0.3) is 0 Å². The second kappa shape index (κ2) is 2.91. The Morgan fingerprint density at radius 2 is 1.87 bits per heavy atom. The number of hydrogen-bond donors (Lipinski definition) is 3. The standard InChI is InChI=1S/C10H8O5/c1-4-3-15-6-2-5(11)9(13)10(14)7(6)8(4)12/h2-3,11,13-14H,1H3. The fourth-order valence-corrected chi connectivity index (χ4v) is 1.34. The quantitative estimate of drug-likeness (QED) is 0.566. The molecule has 0 bridgehead atoms. The molecule has 3 N–H and O–H groups in total. The average Bonchev–Trinajstić information content (AvgIpc) is 2.20. The van der Waals surface area contributed by atoms with Crippen molar-refractivity contribution < 1.29 is 19.7 Å². The highest BCUT2D eigenvalue weighted by atomic mass is 16.3. The maximum absolute atomic E-state index is 11.6. The third-order valence-electron chi connectivity index (χ3n) is 2.17. The highest BCUT2D eigenvalue weighted by Crippen LogP contribution is 2.39. The van der Waals surface area contributed by atoms with Gasteiger partial charge in [0, 0.05) is 11.6 Å². The number of phenols is 3. The van der Waals surface area contributed by atoms with Gasteiger partial charge < -0.3 is 19.7 Å². The van der Waals surface area contributed by atoms with Crippen molar-refractivity contribution in [2.75, 3.05) is 0 Å². The highest BCUT2D eigenvalue weighted by Gasteiger charge is 2.16. The largest absolute Gasteiger partial charge is 0.504 e. The zero-order valence-corrected chi connectivity index (χ0v) is 7.81. The van der Waals surface area contributed by atoms with Crippen LogP contribution in [0.25, 0.3) is 11.0 Å². The normalized spacial score (nSPS) is 10.7. The summed E-state index contributed by atoms with van der Waals surface area (Å²) in [6.07, 6.45) is 1.22. The fourth-order valence-electron chi connectivity index (χ4n) is 1.34. The van der Waals surface area contributed by atoms with Crippen LogP contribution in [0.5, 0.6) is 17.2 Å². The Bertz CT molecular complexity index is 597. The molecule has 5 nitrogen and oxygen atoms in total. The van der Waals surface area contributed by atoms with E-state index in [0.717, 1.165) is 6.07 Å². The SMILES string of the molecule is Cc1coc2cc(O)c(O)c(O)c2c1=O. The third-order valence-corrected chi connectivity index (χ3v) is 2.17. The molecule has 1 aromatic heterocycles. The Balaban J connectivity index is 3.07. The lowest BCUT2D eigenvalue weighted by molar-refractivity contribution is 0.370. The number of phenolic OH excluding ortho intramolecular Hbond substituents is 3. The first-order chi connectivity index (χ1) is 7.02. The fraction of sp³-hybridized carbons (Fsp3) is 0.100. The molecule has 0 fully saturated rings. The van der Waals surface area contributed by atoms with Crippen molar-refractivity contribution in [2.45, 2.75) is 6.92 Å². The van der Waals surface area contributed by atoms with Gasteiger partial charge in [-0.3, -0.25) is 4.79 Å². The van der Waals surface area contributed by atoms with Gasteiger partial charge in [0.2, 0.25) is 5.75 Å². The summed E-state index contributed by atoms with van der Waals surface area (Å²) in [5.74, 6) is -1.92. The number of aryl methyl sites for hydroxylation is 1. The van der Waals surface area contributed by atoms with Gasteiger partial charge in [-0.05, 0) is 6.92 Å². The van der Waals surface area contributed by atoms with Gasteiger partial charge in [0.15, 0.2) is 16.9 Å². The van der Waals surface area contributed by atoms with Crippen molar-refractivity contribution >= 4 is 11.0 Å². The van der Waals surface area contributed by atoms with Crippen LogP contribution in [0.4, 0.5) is 0 Å². The van der Waals surface area contributed by atoms with E-state index in [1.807, 2.05) is 0 Å². The van der Waals surface area contributed by atoms with Crippen molar-refractivity contribution in [3.05, 3.63) is 28.1 Å². The lowest BCUT2D eigenvalue weighted by Crippen LogP contribution is -2.04. The van der Waals surface area contributed by atoms with Gasteiger partial charge in [-0.15, -0.1) is 0 Å². The van der Waals surface area contributed by atoms with E-state index in [4.69, 9.17) is 4.42 Å². The molecule has 0 aliphatic carbocycles. The van der Waals surface area contributed by atoms with Gasteiger partial charge in [0.1, 0.15) is 11.0 Å². The van der Waals surface area contributed by atoms with E-state index in [1.54, 1.807) is 0 Å². The first-order valence-corrected chi connectivity index (χ1v) is 4.18. The molecule has 15 heavy (non-hydrogen) atoms. The van der Waals surface area contributed by atoms with Crippen LogP contribution < -0.4 is 5.43 Å². The average molecular weight is 208 g/mol. The summed E-state index contributed by atoms with van der Waals surface area (Å²) in [4.78, 5) is 11.6. The van der Waals surface area contributed by atoms with Crippen molar-refractivity contribution in [1.29, 1.82) is 0 Å². The maximum atomic E-state index is 11.6. The van der Waals surface area contributed by atoms with Crippen molar-refractivity contribution in [3.63, 3.8) is 0 Å². The predicted octanol–water partition coefficient (Wildman–Crippen LogP) is 1.22. The Kier molecular flexibility index (Phi) is 1.82. The number of aromatic hydroxyl groups is 3. The molecule has 5 heteroatoms. The summed E-state index contributed by atoms with van der Waals surface area (Å²) in [6.45, 7) is 1.52. The van der Waals surface area contributed by atoms with Crippen LogP contribution in [0.1, 0.15) is 5.56 Å². The van der Waals surface area contributed by atoms with Gasteiger partial charge in [-0.2, -0.15) is 0 Å². The lowest BCUT2D eigenvalue weighted by atomic mass is 10.1. The molecule has 78 valence electrons. The topological polar surface area (TPSA) is 90.9 Å². The van der Waals surface area contributed by atoms with Gasteiger partial charge in [-0.25, -0.2) is 0 Å². The zero-order chi connectivity index (χ0) is 11.2. The second-order valence-corrected chi connectivity index (χ2v) is 3.21. The first kappa shape index (κ1) is 9.39. The van der Waals surface area contributed by atoms with Crippen molar-refractivity contribution in [2.24, 2.45) is 0 Å². The maximum Gasteiger partial charge on any atom is 0.201 e. The van der Waals surface area contributed by atoms with Crippen LogP contribution in [0.2, 0.25) is 0 Å². The minimum absolute atomic E-state index is 0.0263. The Morgan fingerprint density at radius 1 is 1.20 bits per heavy atom. The first-order valence-electron chi connectivity index (χ1n) is 4.18. The molecule has 0 radical (unpaired) electrons. The molecule has 0 saturated heterocycles. The van der Waals surface area contributed by atoms with Gasteiger partial charge in [-0.1, -0.05) is 0 Å². The molecular weight excluding hydrogens is 200 g/mol. The number of rotatable bonds is 0. The molecule has 1 aromatic carbocycles. The molecule has 2 rings (SSSR count). The van der Waals surface area contributed by atoms with Gasteiger partial charge in [0.05, 0.1) is 6.26 Å². The van der Waals surface area contributed by atoms with E-state index in [2.05, 4.69) is 0 Å². The molecule has 0 spiro atoms. The van der Waals surface area contributed by atoms with Crippen molar-refractivity contribution in [3.8, 4) is 17.2 Å². The summed E-state index contributed by atoms with van der Waals surface area (Å²) in [5, 5.41) is 27.8. The van der Waals surface area contributed by atoms with E-state index in [9.17, 15) is 20.1 Å². The van der Waals surface area contributed by atoms with Crippen LogP contribution >= 0.6 is 0 Å². The molecule has 0 aliphatic heterocycles. The molecule has 0 saturated carbocycles. The Hall–Kier alpha value is -2.17.